The molecule has 3 N–H and O–H groups in total. The van der Waals surface area contributed by atoms with E-state index >= 15 is 0 Å². The fraction of sp³-hybridized carbons (Fsp3) is 0.154. The minimum atomic E-state index is -0.983. The Morgan fingerprint density at radius 1 is 1.38 bits per heavy atom. The van der Waals surface area contributed by atoms with Crippen LogP contribution in [0.2, 0.25) is 0 Å². The van der Waals surface area contributed by atoms with E-state index in [0.29, 0.717) is 11.6 Å². The van der Waals surface area contributed by atoms with E-state index in [4.69, 9.17) is 10.8 Å². The largest absolute Gasteiger partial charge is 0.478 e. The van der Waals surface area contributed by atoms with Gasteiger partial charge in [-0.25, -0.2) is 4.79 Å². The molecular weight excluding hydrogens is 202 g/mol. The van der Waals surface area contributed by atoms with Crippen molar-refractivity contribution in [2.24, 2.45) is 0 Å². The highest BCUT2D eigenvalue weighted by atomic mass is 16.4. The number of hydrogen-bond donors (Lipinski definition) is 2. The Morgan fingerprint density at radius 3 is 2.75 bits per heavy atom. The summed E-state index contributed by atoms with van der Waals surface area (Å²) in [6.07, 6.45) is 9.12. The van der Waals surface area contributed by atoms with Crippen molar-refractivity contribution < 1.29 is 9.90 Å². The van der Waals surface area contributed by atoms with Crippen molar-refractivity contribution in [3.63, 3.8) is 0 Å². The molecule has 0 heterocycles. The quantitative estimate of drug-likeness (QED) is 0.745. The molecule has 0 amide bonds. The number of anilines is 1. The van der Waals surface area contributed by atoms with Gasteiger partial charge in [0, 0.05) is 11.6 Å². The molecule has 1 aromatic carbocycles. The van der Waals surface area contributed by atoms with Gasteiger partial charge in [-0.15, -0.1) is 0 Å². The lowest BCUT2D eigenvalue weighted by atomic mass is 9.91. The van der Waals surface area contributed by atoms with Crippen LogP contribution in [0, 0.1) is 0 Å². The zero-order chi connectivity index (χ0) is 11.5. The molecule has 3 heteroatoms. The van der Waals surface area contributed by atoms with E-state index in [1.807, 2.05) is 18.2 Å². The highest BCUT2D eigenvalue weighted by molar-refractivity contribution is 5.93. The first-order valence-electron chi connectivity index (χ1n) is 5.14. The molecule has 1 aromatic rings. The number of nitrogens with two attached hydrogens (primary N) is 1. The van der Waals surface area contributed by atoms with Crippen molar-refractivity contribution in [2.45, 2.75) is 12.3 Å². The molecule has 0 radical (unpaired) electrons. The summed E-state index contributed by atoms with van der Waals surface area (Å²) in [5.41, 5.74) is 7.26. The summed E-state index contributed by atoms with van der Waals surface area (Å²) in [7, 11) is 0. The number of benzene rings is 1. The lowest BCUT2D eigenvalue weighted by Crippen LogP contribution is -2.04. The number of rotatable bonds is 2. The van der Waals surface area contributed by atoms with Crippen molar-refractivity contribution in [3.05, 3.63) is 53.6 Å². The number of hydrogen-bond acceptors (Lipinski definition) is 2. The molecule has 0 spiro atoms. The average molecular weight is 215 g/mol. The standard InChI is InChI=1S/C13H13NO2/c14-12-8-10(6-7-11(12)13(15)16)9-4-2-1-3-5-9/h1-4,6-9H,5,14H2,(H,15,16). The summed E-state index contributed by atoms with van der Waals surface area (Å²) in [5, 5.41) is 8.86. The molecule has 0 aromatic heterocycles. The summed E-state index contributed by atoms with van der Waals surface area (Å²) < 4.78 is 0. The topological polar surface area (TPSA) is 63.3 Å². The van der Waals surface area contributed by atoms with Crippen LogP contribution in [0.1, 0.15) is 28.3 Å². The van der Waals surface area contributed by atoms with Gasteiger partial charge in [0.15, 0.2) is 0 Å². The zero-order valence-corrected chi connectivity index (χ0v) is 8.76. The van der Waals surface area contributed by atoms with Crippen LogP contribution in [0.4, 0.5) is 5.69 Å². The molecule has 0 saturated heterocycles. The Labute approximate surface area is 93.9 Å². The number of carboxylic acid groups (broad SMARTS) is 1. The molecule has 16 heavy (non-hydrogen) atoms. The van der Waals surface area contributed by atoms with Crippen LogP contribution >= 0.6 is 0 Å². The third-order valence-corrected chi connectivity index (χ3v) is 2.71. The molecule has 0 saturated carbocycles. The van der Waals surface area contributed by atoms with Gasteiger partial charge in [-0.1, -0.05) is 30.4 Å². The Balaban J connectivity index is 2.31. The Kier molecular flexibility index (Phi) is 2.77. The minimum absolute atomic E-state index is 0.166. The summed E-state index contributed by atoms with van der Waals surface area (Å²) in [6.45, 7) is 0. The smallest absolute Gasteiger partial charge is 0.337 e. The second-order valence-electron chi connectivity index (χ2n) is 3.81. The first-order valence-corrected chi connectivity index (χ1v) is 5.14. The molecule has 0 bridgehead atoms. The predicted octanol–water partition coefficient (Wildman–Crippen LogP) is 2.57. The van der Waals surface area contributed by atoms with Gasteiger partial charge in [0.25, 0.3) is 0 Å². The second kappa shape index (κ2) is 4.23. The van der Waals surface area contributed by atoms with Gasteiger partial charge in [0.2, 0.25) is 0 Å². The Morgan fingerprint density at radius 2 is 2.19 bits per heavy atom. The highest BCUT2D eigenvalue weighted by Crippen LogP contribution is 2.27. The summed E-state index contributed by atoms with van der Waals surface area (Å²) in [5.74, 6) is -0.682. The van der Waals surface area contributed by atoms with Crippen LogP contribution in [0.25, 0.3) is 0 Å². The van der Waals surface area contributed by atoms with E-state index in [1.165, 1.54) is 0 Å². The Hall–Kier alpha value is -2.03. The maximum Gasteiger partial charge on any atom is 0.337 e. The van der Waals surface area contributed by atoms with Crippen molar-refractivity contribution in [3.8, 4) is 0 Å². The average Bonchev–Trinajstić information content (AvgIpc) is 2.29. The first kappa shape index (κ1) is 10.5. The third-order valence-electron chi connectivity index (χ3n) is 2.71. The van der Waals surface area contributed by atoms with Crippen LogP contribution in [0.15, 0.2) is 42.5 Å². The van der Waals surface area contributed by atoms with Crippen molar-refractivity contribution >= 4 is 11.7 Å². The molecule has 82 valence electrons. The van der Waals surface area contributed by atoms with Gasteiger partial charge in [0.1, 0.15) is 0 Å². The predicted molar refractivity (Wildman–Crippen MR) is 63.5 cm³/mol. The lowest BCUT2D eigenvalue weighted by Gasteiger charge is -2.14. The van der Waals surface area contributed by atoms with Gasteiger partial charge in [0.05, 0.1) is 5.56 Å². The lowest BCUT2D eigenvalue weighted by molar-refractivity contribution is 0.0698. The molecule has 2 rings (SSSR count). The monoisotopic (exact) mass is 215 g/mol. The minimum Gasteiger partial charge on any atom is -0.478 e. The molecule has 0 fully saturated rings. The van der Waals surface area contributed by atoms with Crippen LogP contribution in [0.3, 0.4) is 0 Å². The fourth-order valence-electron chi connectivity index (χ4n) is 1.83. The van der Waals surface area contributed by atoms with Crippen LogP contribution in [-0.2, 0) is 0 Å². The van der Waals surface area contributed by atoms with Gasteiger partial charge in [-0.2, -0.15) is 0 Å². The van der Waals surface area contributed by atoms with E-state index in [1.54, 1.807) is 12.1 Å². The van der Waals surface area contributed by atoms with E-state index < -0.39 is 5.97 Å². The van der Waals surface area contributed by atoms with Gasteiger partial charge >= 0.3 is 5.97 Å². The van der Waals surface area contributed by atoms with Crippen molar-refractivity contribution in [2.75, 3.05) is 5.73 Å². The third kappa shape index (κ3) is 1.98. The van der Waals surface area contributed by atoms with Crippen molar-refractivity contribution in [1.82, 2.24) is 0 Å². The molecular formula is C13H13NO2. The maximum atomic E-state index is 10.8. The summed E-state index contributed by atoms with van der Waals surface area (Å²) in [4.78, 5) is 10.8. The van der Waals surface area contributed by atoms with Crippen LogP contribution in [0.5, 0.6) is 0 Å². The maximum absolute atomic E-state index is 10.8. The van der Waals surface area contributed by atoms with Gasteiger partial charge in [-0.3, -0.25) is 0 Å². The fourth-order valence-corrected chi connectivity index (χ4v) is 1.83. The highest BCUT2D eigenvalue weighted by Gasteiger charge is 2.12. The summed E-state index contributed by atoms with van der Waals surface area (Å²) >= 11 is 0. The van der Waals surface area contributed by atoms with Gasteiger partial charge < -0.3 is 10.8 Å². The van der Waals surface area contributed by atoms with Crippen LogP contribution in [-0.4, -0.2) is 11.1 Å². The number of nitrogen functional groups attached to an aromatic ring is 1. The van der Waals surface area contributed by atoms with E-state index in [0.717, 1.165) is 12.0 Å². The van der Waals surface area contributed by atoms with E-state index in [-0.39, 0.29) is 5.56 Å². The van der Waals surface area contributed by atoms with Crippen LogP contribution < -0.4 is 5.73 Å². The Bertz CT molecular complexity index is 475. The van der Waals surface area contributed by atoms with Crippen molar-refractivity contribution in [1.29, 1.82) is 0 Å². The second-order valence-corrected chi connectivity index (χ2v) is 3.81. The van der Waals surface area contributed by atoms with E-state index in [2.05, 4.69) is 12.2 Å². The molecule has 1 aliphatic rings. The number of carboxylic acids is 1. The molecule has 1 atom stereocenters. The molecule has 1 unspecified atom stereocenters. The van der Waals surface area contributed by atoms with E-state index in [9.17, 15) is 4.79 Å². The zero-order valence-electron chi connectivity index (χ0n) is 8.76. The van der Waals surface area contributed by atoms with Gasteiger partial charge in [-0.05, 0) is 24.1 Å². The molecule has 3 nitrogen and oxygen atoms in total. The molecule has 1 aliphatic carbocycles. The number of aromatic carboxylic acids is 1. The SMILES string of the molecule is Nc1cc(C2C=CC=CC2)ccc1C(=O)O. The summed E-state index contributed by atoms with van der Waals surface area (Å²) in [6, 6.07) is 5.14. The first-order chi connectivity index (χ1) is 7.68. The number of allylic oxidation sites excluding steroid dienone is 4. The number of carbonyl (C=O) groups is 1. The molecule has 0 aliphatic heterocycles. The normalized spacial score (nSPS) is 18.6.